The predicted octanol–water partition coefficient (Wildman–Crippen LogP) is 5.68. The Labute approximate surface area is 194 Å². The van der Waals surface area contributed by atoms with Crippen molar-refractivity contribution in [2.75, 3.05) is 11.9 Å². The quantitative estimate of drug-likeness (QED) is 0.286. The van der Waals surface area contributed by atoms with Gasteiger partial charge < -0.3 is 5.32 Å². The van der Waals surface area contributed by atoms with Crippen LogP contribution in [-0.4, -0.2) is 39.0 Å². The van der Waals surface area contributed by atoms with Crippen LogP contribution in [0.25, 0.3) is 28.1 Å². The topological polar surface area (TPSA) is 55.1 Å². The van der Waals surface area contributed by atoms with Gasteiger partial charge in [0, 0.05) is 11.1 Å². The van der Waals surface area contributed by atoms with Crippen LogP contribution < -0.4 is 5.32 Å². The number of nitrogens with zero attached hydrogens (tertiary/aromatic N) is 4. The fourth-order valence-corrected chi connectivity index (χ4v) is 3.25. The van der Waals surface area contributed by atoms with Gasteiger partial charge in [-0.25, -0.2) is 30.7 Å². The summed E-state index contributed by atoms with van der Waals surface area (Å²) < 4.78 is 95.9. The molecule has 0 bridgehead atoms. The molecule has 182 valence electrons. The summed E-state index contributed by atoms with van der Waals surface area (Å²) in [5, 5.41) is 9.63. The third-order valence-corrected chi connectivity index (χ3v) is 5.06. The van der Waals surface area contributed by atoms with Gasteiger partial charge in [0.2, 0.25) is 0 Å². The molecule has 0 radical (unpaired) electrons. The molecule has 0 aliphatic carbocycles. The van der Waals surface area contributed by atoms with Crippen LogP contribution in [0.15, 0.2) is 30.3 Å². The summed E-state index contributed by atoms with van der Waals surface area (Å²) in [5.74, 6) is 1.00. The molecule has 4 rings (SSSR count). The zero-order valence-electron chi connectivity index (χ0n) is 18.2. The van der Waals surface area contributed by atoms with Crippen LogP contribution in [0.3, 0.4) is 0 Å². The molecule has 35 heavy (non-hydrogen) atoms. The smallest absolute Gasteiger partial charge is 0.257 e. The van der Waals surface area contributed by atoms with E-state index in [1.165, 1.54) is 30.4 Å². The SMILES string of the molecule is CC(C)(C#Cc1cc(F)cc(-c2nnc3nc(NCC(F)F)c4c(F)c(F)ccc4n23)c1)C(F)F. The van der Waals surface area contributed by atoms with Crippen molar-refractivity contribution in [2.45, 2.75) is 26.7 Å². The molecule has 2 aromatic carbocycles. The standard InChI is InChI=1S/C23H16F7N5/c1-23(2,21(29)30)6-5-11-7-12(9-13(24)8-11)20-33-34-22-32-19(31-10-16(26)27)17-15(35(20)22)4-3-14(25)18(17)28/h3-4,7-9,16,21H,10H2,1-2H3,(H,31,32,34). The summed E-state index contributed by atoms with van der Waals surface area (Å²) in [4.78, 5) is 3.99. The first-order valence-corrected chi connectivity index (χ1v) is 10.1. The molecule has 0 fully saturated rings. The molecule has 0 amide bonds. The molecule has 0 saturated carbocycles. The zero-order valence-corrected chi connectivity index (χ0v) is 18.2. The van der Waals surface area contributed by atoms with Crippen molar-refractivity contribution < 1.29 is 30.7 Å². The molecule has 2 heterocycles. The van der Waals surface area contributed by atoms with Gasteiger partial charge in [-0.05, 0) is 44.2 Å². The minimum absolute atomic E-state index is 0.0265. The average Bonchev–Trinajstić information content (AvgIpc) is 3.22. The van der Waals surface area contributed by atoms with Gasteiger partial charge in [0.15, 0.2) is 17.5 Å². The number of nitrogens with one attached hydrogen (secondary N) is 1. The number of hydrogen-bond donors (Lipinski definition) is 1. The Balaban J connectivity index is 1.92. The Bertz CT molecular complexity index is 1480. The number of rotatable bonds is 5. The average molecular weight is 495 g/mol. The van der Waals surface area contributed by atoms with E-state index in [-0.39, 0.29) is 34.1 Å². The normalized spacial score (nSPS) is 12.0. The summed E-state index contributed by atoms with van der Waals surface area (Å²) in [6, 6.07) is 5.47. The lowest BCUT2D eigenvalue weighted by Crippen LogP contribution is -2.19. The molecule has 0 aliphatic rings. The largest absolute Gasteiger partial charge is 0.364 e. The molecule has 0 aliphatic heterocycles. The lowest BCUT2D eigenvalue weighted by molar-refractivity contribution is 0.0570. The first-order chi connectivity index (χ1) is 16.5. The highest BCUT2D eigenvalue weighted by Gasteiger charge is 2.27. The van der Waals surface area contributed by atoms with Crippen LogP contribution in [-0.2, 0) is 0 Å². The highest BCUT2D eigenvalue weighted by atomic mass is 19.3. The second-order valence-electron chi connectivity index (χ2n) is 8.15. The number of benzene rings is 2. The highest BCUT2D eigenvalue weighted by molar-refractivity contribution is 5.93. The van der Waals surface area contributed by atoms with Gasteiger partial charge >= 0.3 is 0 Å². The number of fused-ring (bicyclic) bond motifs is 3. The van der Waals surface area contributed by atoms with Crippen molar-refractivity contribution in [3.05, 3.63) is 53.3 Å². The molecular formula is C23H16F7N5. The Morgan fingerprint density at radius 3 is 2.46 bits per heavy atom. The molecule has 0 atom stereocenters. The lowest BCUT2D eigenvalue weighted by atomic mass is 9.94. The first-order valence-electron chi connectivity index (χ1n) is 10.1. The second-order valence-corrected chi connectivity index (χ2v) is 8.15. The molecule has 0 saturated heterocycles. The fourth-order valence-electron chi connectivity index (χ4n) is 3.25. The fraction of sp³-hybridized carbons (Fsp3) is 0.261. The first kappa shape index (κ1) is 24.3. The number of anilines is 1. The van der Waals surface area contributed by atoms with Crippen LogP contribution in [0, 0.1) is 34.7 Å². The van der Waals surface area contributed by atoms with Crippen LogP contribution >= 0.6 is 0 Å². The van der Waals surface area contributed by atoms with Gasteiger partial charge in [0.25, 0.3) is 18.6 Å². The summed E-state index contributed by atoms with van der Waals surface area (Å²) >= 11 is 0. The summed E-state index contributed by atoms with van der Waals surface area (Å²) in [5.41, 5.74) is -1.51. The van der Waals surface area contributed by atoms with E-state index >= 15 is 0 Å². The minimum atomic E-state index is -2.80. The summed E-state index contributed by atoms with van der Waals surface area (Å²) in [7, 11) is 0. The maximum Gasteiger partial charge on any atom is 0.257 e. The minimum Gasteiger partial charge on any atom is -0.364 e. The van der Waals surface area contributed by atoms with Crippen molar-refractivity contribution >= 4 is 22.5 Å². The third-order valence-electron chi connectivity index (χ3n) is 5.06. The maximum absolute atomic E-state index is 14.7. The van der Waals surface area contributed by atoms with E-state index in [4.69, 9.17) is 0 Å². The molecule has 5 nitrogen and oxygen atoms in total. The van der Waals surface area contributed by atoms with Gasteiger partial charge in [-0.3, -0.25) is 4.40 Å². The van der Waals surface area contributed by atoms with Crippen LogP contribution in [0.2, 0.25) is 0 Å². The Morgan fingerprint density at radius 2 is 1.77 bits per heavy atom. The van der Waals surface area contributed by atoms with Gasteiger partial charge in [-0.2, -0.15) is 4.98 Å². The van der Waals surface area contributed by atoms with E-state index in [0.717, 1.165) is 18.2 Å². The van der Waals surface area contributed by atoms with E-state index in [1.807, 2.05) is 0 Å². The van der Waals surface area contributed by atoms with Gasteiger partial charge in [-0.15, -0.1) is 10.2 Å². The monoisotopic (exact) mass is 495 g/mol. The Hall–Kier alpha value is -3.88. The van der Waals surface area contributed by atoms with E-state index in [0.29, 0.717) is 0 Å². The van der Waals surface area contributed by atoms with E-state index in [2.05, 4.69) is 32.3 Å². The van der Waals surface area contributed by atoms with Crippen LogP contribution in [0.4, 0.5) is 36.6 Å². The zero-order chi connectivity index (χ0) is 25.5. The number of aromatic nitrogens is 4. The molecule has 0 spiro atoms. The van der Waals surface area contributed by atoms with Crippen LogP contribution in [0.1, 0.15) is 19.4 Å². The van der Waals surface area contributed by atoms with E-state index < -0.39 is 47.6 Å². The lowest BCUT2D eigenvalue weighted by Gasteiger charge is -2.15. The molecule has 4 aromatic rings. The van der Waals surface area contributed by atoms with Gasteiger partial charge in [0.1, 0.15) is 11.6 Å². The molecule has 1 N–H and O–H groups in total. The summed E-state index contributed by atoms with van der Waals surface area (Å²) in [6.45, 7) is 1.60. The van der Waals surface area contributed by atoms with Gasteiger partial charge in [0.05, 0.1) is 22.9 Å². The molecule has 0 unspecified atom stereocenters. The number of hydrogen-bond acceptors (Lipinski definition) is 4. The van der Waals surface area contributed by atoms with Gasteiger partial charge in [-0.1, -0.05) is 11.8 Å². The predicted molar refractivity (Wildman–Crippen MR) is 115 cm³/mol. The van der Waals surface area contributed by atoms with Crippen molar-refractivity contribution in [3.8, 4) is 23.2 Å². The highest BCUT2D eigenvalue weighted by Crippen LogP contribution is 2.31. The number of halogens is 7. The van der Waals surface area contributed by atoms with Crippen molar-refractivity contribution in [2.24, 2.45) is 5.41 Å². The molecule has 2 aromatic heterocycles. The maximum atomic E-state index is 14.7. The third kappa shape index (κ3) is 4.71. The Morgan fingerprint density at radius 1 is 1.03 bits per heavy atom. The van der Waals surface area contributed by atoms with Crippen molar-refractivity contribution in [1.29, 1.82) is 0 Å². The Kier molecular flexibility index (Phi) is 6.27. The second kappa shape index (κ2) is 9.05. The van der Waals surface area contributed by atoms with E-state index in [1.54, 1.807) is 0 Å². The molecular weight excluding hydrogens is 479 g/mol. The number of alkyl halides is 4. The van der Waals surface area contributed by atoms with E-state index in [9.17, 15) is 30.7 Å². The van der Waals surface area contributed by atoms with Crippen LogP contribution in [0.5, 0.6) is 0 Å². The molecule has 12 heteroatoms. The van der Waals surface area contributed by atoms with Crippen molar-refractivity contribution in [1.82, 2.24) is 19.6 Å². The summed E-state index contributed by atoms with van der Waals surface area (Å²) in [6.07, 6.45) is -5.53. The van der Waals surface area contributed by atoms with Crippen molar-refractivity contribution in [3.63, 3.8) is 0 Å².